The van der Waals surface area contributed by atoms with Gasteiger partial charge in [-0.3, -0.25) is 19.2 Å². The maximum Gasteiger partial charge on any atom is 0.325 e. The molecule has 0 heterocycles. The van der Waals surface area contributed by atoms with E-state index < -0.39 is 54.5 Å². The highest BCUT2D eigenvalue weighted by Gasteiger charge is 2.28. The van der Waals surface area contributed by atoms with Crippen molar-refractivity contribution >= 4 is 35.5 Å². The van der Waals surface area contributed by atoms with Crippen LogP contribution in [0.15, 0.2) is 0 Å². The van der Waals surface area contributed by atoms with Crippen molar-refractivity contribution in [2.24, 2.45) is 5.73 Å². The first kappa shape index (κ1) is 23.1. The summed E-state index contributed by atoms with van der Waals surface area (Å²) in [5.74, 6) is -2.61. The zero-order valence-corrected chi connectivity index (χ0v) is 15.3. The predicted octanol–water partition coefficient (Wildman–Crippen LogP) is -2.36. The lowest BCUT2D eigenvalue weighted by Crippen LogP contribution is -2.56. The lowest BCUT2D eigenvalue weighted by Gasteiger charge is -2.22. The Bertz CT molecular complexity index is 488. The summed E-state index contributed by atoms with van der Waals surface area (Å²) in [5, 5.41) is 25.1. The van der Waals surface area contributed by atoms with Crippen LogP contribution in [0.5, 0.6) is 0 Å². The molecular weight excluding hydrogens is 352 g/mol. The highest BCUT2D eigenvalue weighted by Crippen LogP contribution is 1.99. The lowest BCUT2D eigenvalue weighted by molar-refractivity contribution is -0.142. The number of aliphatic hydroxyl groups excluding tert-OH is 1. The molecule has 25 heavy (non-hydrogen) atoms. The zero-order chi connectivity index (χ0) is 19.6. The SMILES string of the molecule is CSCCC(N)C(=O)NCC(=O)NC(C(=O)NC(C)C(=O)O)C(C)O. The van der Waals surface area contributed by atoms with Crippen LogP contribution >= 0.6 is 11.8 Å². The molecule has 0 aliphatic carbocycles. The quantitative estimate of drug-likeness (QED) is 0.232. The molecule has 0 bridgehead atoms. The Balaban J connectivity index is 4.53. The number of hydrogen-bond donors (Lipinski definition) is 6. The van der Waals surface area contributed by atoms with E-state index in [4.69, 9.17) is 10.8 Å². The summed E-state index contributed by atoms with van der Waals surface area (Å²) in [6.45, 7) is 2.10. The molecule has 4 unspecified atom stereocenters. The third-order valence-corrected chi connectivity index (χ3v) is 3.85. The number of carbonyl (C=O) groups is 4. The molecule has 10 nitrogen and oxygen atoms in total. The van der Waals surface area contributed by atoms with E-state index in [0.717, 1.165) is 0 Å². The predicted molar refractivity (Wildman–Crippen MR) is 92.8 cm³/mol. The van der Waals surface area contributed by atoms with Crippen LogP contribution in [0.2, 0.25) is 0 Å². The van der Waals surface area contributed by atoms with Gasteiger partial charge in [-0.1, -0.05) is 0 Å². The Labute approximate surface area is 150 Å². The first-order valence-electron chi connectivity index (χ1n) is 7.63. The second kappa shape index (κ2) is 11.7. The third kappa shape index (κ3) is 9.27. The van der Waals surface area contributed by atoms with E-state index >= 15 is 0 Å². The van der Waals surface area contributed by atoms with Gasteiger partial charge >= 0.3 is 5.97 Å². The van der Waals surface area contributed by atoms with Crippen molar-refractivity contribution in [3.05, 3.63) is 0 Å². The van der Waals surface area contributed by atoms with Crippen molar-refractivity contribution in [2.45, 2.75) is 44.5 Å². The first-order valence-corrected chi connectivity index (χ1v) is 9.02. The Kier molecular flexibility index (Phi) is 10.8. The van der Waals surface area contributed by atoms with Crippen molar-refractivity contribution in [3.8, 4) is 0 Å². The fourth-order valence-corrected chi connectivity index (χ4v) is 2.16. The number of thioether (sulfide) groups is 1. The smallest absolute Gasteiger partial charge is 0.325 e. The minimum Gasteiger partial charge on any atom is -0.480 e. The number of aliphatic hydroxyl groups is 1. The molecule has 0 saturated heterocycles. The number of hydrogen-bond acceptors (Lipinski definition) is 7. The molecule has 4 atom stereocenters. The normalized spacial score (nSPS) is 15.4. The highest BCUT2D eigenvalue weighted by atomic mass is 32.2. The van der Waals surface area contributed by atoms with Gasteiger partial charge in [-0.2, -0.15) is 11.8 Å². The molecule has 11 heteroatoms. The zero-order valence-electron chi connectivity index (χ0n) is 14.4. The average Bonchev–Trinajstić information content (AvgIpc) is 2.54. The molecule has 7 N–H and O–H groups in total. The standard InChI is InChI=1S/C14H26N4O6S/c1-7(14(23)24)17-13(22)11(8(2)19)18-10(20)6-16-12(21)9(15)4-5-25-3/h7-9,11,19H,4-6,15H2,1-3H3,(H,16,21)(H,17,22)(H,18,20)(H,23,24). The Hall–Kier alpha value is -1.85. The van der Waals surface area contributed by atoms with E-state index in [2.05, 4.69) is 16.0 Å². The number of carboxylic acid groups (broad SMARTS) is 1. The Morgan fingerprint density at radius 2 is 1.72 bits per heavy atom. The minimum atomic E-state index is -1.35. The van der Waals surface area contributed by atoms with Crippen LogP contribution < -0.4 is 21.7 Å². The maximum absolute atomic E-state index is 11.9. The van der Waals surface area contributed by atoms with Gasteiger partial charge in [-0.15, -0.1) is 0 Å². The van der Waals surface area contributed by atoms with Crippen LogP contribution in [-0.4, -0.2) is 76.7 Å². The number of amides is 3. The monoisotopic (exact) mass is 378 g/mol. The third-order valence-electron chi connectivity index (χ3n) is 3.20. The van der Waals surface area contributed by atoms with Gasteiger partial charge in [0.2, 0.25) is 17.7 Å². The van der Waals surface area contributed by atoms with Crippen LogP contribution in [-0.2, 0) is 19.2 Å². The largest absolute Gasteiger partial charge is 0.480 e. The average molecular weight is 378 g/mol. The van der Waals surface area contributed by atoms with Crippen LogP contribution in [0.25, 0.3) is 0 Å². The summed E-state index contributed by atoms with van der Waals surface area (Å²) < 4.78 is 0. The van der Waals surface area contributed by atoms with Gasteiger partial charge < -0.3 is 31.9 Å². The van der Waals surface area contributed by atoms with Crippen LogP contribution in [0.1, 0.15) is 20.3 Å². The van der Waals surface area contributed by atoms with Gasteiger partial charge in [0.1, 0.15) is 12.1 Å². The summed E-state index contributed by atoms with van der Waals surface area (Å²) in [5.41, 5.74) is 5.65. The van der Waals surface area contributed by atoms with Crippen molar-refractivity contribution in [1.29, 1.82) is 0 Å². The van der Waals surface area contributed by atoms with Crippen molar-refractivity contribution in [3.63, 3.8) is 0 Å². The van der Waals surface area contributed by atoms with E-state index in [0.29, 0.717) is 12.2 Å². The Morgan fingerprint density at radius 3 is 2.20 bits per heavy atom. The van der Waals surface area contributed by atoms with Gasteiger partial charge in [0.05, 0.1) is 18.7 Å². The highest BCUT2D eigenvalue weighted by molar-refractivity contribution is 7.98. The first-order chi connectivity index (χ1) is 11.6. The maximum atomic E-state index is 11.9. The summed E-state index contributed by atoms with van der Waals surface area (Å²) in [6, 6.07) is -3.27. The minimum absolute atomic E-state index is 0.420. The van der Waals surface area contributed by atoms with Crippen molar-refractivity contribution < 1.29 is 29.4 Å². The molecule has 144 valence electrons. The molecule has 0 aromatic heterocycles. The van der Waals surface area contributed by atoms with Crippen molar-refractivity contribution in [2.75, 3.05) is 18.6 Å². The van der Waals surface area contributed by atoms with Gasteiger partial charge in [-0.05, 0) is 32.3 Å². The van der Waals surface area contributed by atoms with E-state index in [1.54, 1.807) is 11.8 Å². The molecule has 0 fully saturated rings. The van der Waals surface area contributed by atoms with E-state index in [-0.39, 0.29) is 0 Å². The number of rotatable bonds is 11. The van der Waals surface area contributed by atoms with Crippen LogP contribution in [0.3, 0.4) is 0 Å². The number of aliphatic carboxylic acids is 1. The molecule has 0 saturated carbocycles. The van der Waals surface area contributed by atoms with E-state index in [1.165, 1.54) is 13.8 Å². The van der Waals surface area contributed by atoms with Gasteiger partial charge in [0.15, 0.2) is 0 Å². The summed E-state index contributed by atoms with van der Waals surface area (Å²) >= 11 is 1.54. The number of nitrogens with two attached hydrogens (primary N) is 1. The van der Waals surface area contributed by atoms with Crippen LogP contribution in [0.4, 0.5) is 0 Å². The molecule has 0 rings (SSSR count). The molecule has 0 spiro atoms. The van der Waals surface area contributed by atoms with Gasteiger partial charge in [0.25, 0.3) is 0 Å². The number of carboxylic acids is 1. The Morgan fingerprint density at radius 1 is 1.12 bits per heavy atom. The fraction of sp³-hybridized carbons (Fsp3) is 0.714. The fourth-order valence-electron chi connectivity index (χ4n) is 1.67. The lowest BCUT2D eigenvalue weighted by atomic mass is 10.1. The molecule has 0 aromatic carbocycles. The van der Waals surface area contributed by atoms with Crippen molar-refractivity contribution in [1.82, 2.24) is 16.0 Å². The number of nitrogens with one attached hydrogen (secondary N) is 3. The van der Waals surface area contributed by atoms with Crippen LogP contribution in [0, 0.1) is 0 Å². The molecule has 0 radical (unpaired) electrons. The summed E-state index contributed by atoms with van der Waals surface area (Å²) in [7, 11) is 0. The second-order valence-electron chi connectivity index (χ2n) is 5.46. The molecule has 3 amide bonds. The molecule has 0 aromatic rings. The molecular formula is C14H26N4O6S. The second-order valence-corrected chi connectivity index (χ2v) is 6.45. The number of carbonyl (C=O) groups excluding carboxylic acids is 3. The van der Waals surface area contributed by atoms with E-state index in [1.807, 2.05) is 6.26 Å². The van der Waals surface area contributed by atoms with Gasteiger partial charge in [-0.25, -0.2) is 0 Å². The van der Waals surface area contributed by atoms with Gasteiger partial charge in [0, 0.05) is 0 Å². The molecule has 0 aliphatic heterocycles. The summed E-state index contributed by atoms with van der Waals surface area (Å²) in [4.78, 5) is 46.2. The van der Waals surface area contributed by atoms with E-state index in [9.17, 15) is 24.3 Å². The topological polar surface area (TPSA) is 171 Å². The summed E-state index contributed by atoms with van der Waals surface area (Å²) in [6.07, 6.45) is 1.08. The molecule has 0 aliphatic rings.